The molecule has 0 amide bonds. The van der Waals surface area contributed by atoms with Crippen LogP contribution in [0.3, 0.4) is 0 Å². The smallest absolute Gasteiger partial charge is 0.180 e. The van der Waals surface area contributed by atoms with E-state index < -0.39 is 0 Å². The normalized spacial score (nSPS) is 13.3. The van der Waals surface area contributed by atoms with Crippen molar-refractivity contribution in [2.75, 3.05) is 0 Å². The maximum Gasteiger partial charge on any atom is 0.180 e. The summed E-state index contributed by atoms with van der Waals surface area (Å²) in [5.74, 6) is 2.84. The summed E-state index contributed by atoms with van der Waals surface area (Å²) in [6, 6.07) is 0. The lowest BCUT2D eigenvalue weighted by atomic mass is 9.85. The number of rotatable bonds is 6. The molecule has 0 aliphatic carbocycles. The Morgan fingerprint density at radius 1 is 0.852 bits per heavy atom. The number of H-pyrrole nitrogens is 2. The third-order valence-corrected chi connectivity index (χ3v) is 5.05. The number of imidazole rings is 2. The second-order valence-electron chi connectivity index (χ2n) is 9.74. The molecule has 0 radical (unpaired) electrons. The van der Waals surface area contributed by atoms with Crippen LogP contribution < -0.4 is 0 Å². The van der Waals surface area contributed by atoms with Gasteiger partial charge in [0.2, 0.25) is 0 Å². The standard InChI is InChI=1S/C21H31N5O/c1-19(2,3)15-11-23-17(26-15)9-21(6,7)18-24-10-14(25-18)8-20(4,5)16-12-22-13-27-16/h10-13H,8-9H2,1-7H3,(H,23,26)(H,24,25). The minimum Gasteiger partial charge on any atom is -0.448 e. The summed E-state index contributed by atoms with van der Waals surface area (Å²) in [7, 11) is 0. The molecule has 3 aromatic rings. The lowest BCUT2D eigenvalue weighted by Gasteiger charge is -2.22. The first kappa shape index (κ1) is 19.4. The average Bonchev–Trinajstić information content (AvgIpc) is 3.27. The highest BCUT2D eigenvalue weighted by molar-refractivity contribution is 5.19. The molecule has 0 atom stereocenters. The number of nitrogens with one attached hydrogen (secondary N) is 2. The van der Waals surface area contributed by atoms with Gasteiger partial charge in [-0.3, -0.25) is 0 Å². The van der Waals surface area contributed by atoms with Gasteiger partial charge >= 0.3 is 0 Å². The van der Waals surface area contributed by atoms with E-state index in [-0.39, 0.29) is 16.2 Å². The third-order valence-electron chi connectivity index (χ3n) is 5.05. The summed E-state index contributed by atoms with van der Waals surface area (Å²) in [6.45, 7) is 15.2. The molecule has 3 rings (SSSR count). The molecule has 6 nitrogen and oxygen atoms in total. The van der Waals surface area contributed by atoms with E-state index in [1.807, 2.05) is 12.4 Å². The molecule has 3 heterocycles. The molecule has 3 aromatic heterocycles. The van der Waals surface area contributed by atoms with Gasteiger partial charge in [0, 0.05) is 52.9 Å². The van der Waals surface area contributed by atoms with Crippen molar-refractivity contribution in [1.82, 2.24) is 24.9 Å². The Morgan fingerprint density at radius 3 is 2.19 bits per heavy atom. The van der Waals surface area contributed by atoms with Gasteiger partial charge in [-0.05, 0) is 0 Å². The van der Waals surface area contributed by atoms with E-state index in [2.05, 4.69) is 73.4 Å². The van der Waals surface area contributed by atoms with Crippen LogP contribution in [0.4, 0.5) is 0 Å². The zero-order valence-corrected chi connectivity index (χ0v) is 17.5. The zero-order valence-electron chi connectivity index (χ0n) is 17.5. The first-order chi connectivity index (χ1) is 12.5. The minimum absolute atomic E-state index is 0.0690. The first-order valence-corrected chi connectivity index (χ1v) is 9.45. The Morgan fingerprint density at radius 2 is 1.59 bits per heavy atom. The van der Waals surface area contributed by atoms with Crippen molar-refractivity contribution in [1.29, 1.82) is 0 Å². The van der Waals surface area contributed by atoms with Crippen molar-refractivity contribution in [3.63, 3.8) is 0 Å². The van der Waals surface area contributed by atoms with Crippen LogP contribution >= 0.6 is 0 Å². The number of aromatic nitrogens is 5. The van der Waals surface area contributed by atoms with Crippen LogP contribution in [0.5, 0.6) is 0 Å². The lowest BCUT2D eigenvalue weighted by Crippen LogP contribution is -2.24. The van der Waals surface area contributed by atoms with E-state index in [1.165, 1.54) is 6.39 Å². The maximum atomic E-state index is 5.50. The lowest BCUT2D eigenvalue weighted by molar-refractivity contribution is 0.378. The predicted molar refractivity (Wildman–Crippen MR) is 106 cm³/mol. The van der Waals surface area contributed by atoms with Crippen LogP contribution in [0, 0.1) is 0 Å². The van der Waals surface area contributed by atoms with Crippen LogP contribution in [0.2, 0.25) is 0 Å². The molecule has 0 spiro atoms. The number of hydrogen-bond acceptors (Lipinski definition) is 4. The number of aromatic amines is 2. The van der Waals surface area contributed by atoms with Crippen LogP contribution in [-0.2, 0) is 29.1 Å². The van der Waals surface area contributed by atoms with Gasteiger partial charge in [0.1, 0.15) is 17.4 Å². The molecular formula is C21H31N5O. The summed E-state index contributed by atoms with van der Waals surface area (Å²) in [6.07, 6.45) is 8.73. The van der Waals surface area contributed by atoms with Crippen molar-refractivity contribution in [3.05, 3.63) is 53.8 Å². The summed E-state index contributed by atoms with van der Waals surface area (Å²) in [4.78, 5) is 20.3. The van der Waals surface area contributed by atoms with Crippen molar-refractivity contribution in [3.8, 4) is 0 Å². The fourth-order valence-corrected chi connectivity index (χ4v) is 3.24. The van der Waals surface area contributed by atoms with Crippen molar-refractivity contribution < 1.29 is 4.42 Å². The average molecular weight is 370 g/mol. The molecule has 6 heteroatoms. The minimum atomic E-state index is -0.151. The van der Waals surface area contributed by atoms with Crippen molar-refractivity contribution in [2.45, 2.75) is 77.6 Å². The third kappa shape index (κ3) is 4.31. The Balaban J connectivity index is 1.73. The molecule has 0 fully saturated rings. The summed E-state index contributed by atoms with van der Waals surface area (Å²) < 4.78 is 5.50. The highest BCUT2D eigenvalue weighted by atomic mass is 16.3. The number of nitrogens with zero attached hydrogens (tertiary/aromatic N) is 3. The van der Waals surface area contributed by atoms with Crippen molar-refractivity contribution in [2.24, 2.45) is 0 Å². The molecule has 0 aliphatic rings. The predicted octanol–water partition coefficient (Wildman–Crippen LogP) is 4.46. The SMILES string of the molecule is CC(C)(C)c1cnc(CC(C)(C)c2ncc(CC(C)(C)c3cnco3)[nH]2)[nH]1. The number of oxazole rings is 1. The molecule has 146 valence electrons. The van der Waals surface area contributed by atoms with E-state index in [0.717, 1.165) is 41.6 Å². The maximum absolute atomic E-state index is 5.50. The molecule has 0 bridgehead atoms. The molecule has 0 unspecified atom stereocenters. The molecule has 27 heavy (non-hydrogen) atoms. The molecular weight excluding hydrogens is 338 g/mol. The Labute approximate surface area is 161 Å². The molecule has 0 saturated heterocycles. The summed E-state index contributed by atoms with van der Waals surface area (Å²) >= 11 is 0. The Bertz CT molecular complexity index is 878. The van der Waals surface area contributed by atoms with Gasteiger partial charge in [-0.25, -0.2) is 15.0 Å². The zero-order chi connectivity index (χ0) is 19.9. The Kier molecular flexibility index (Phi) is 4.78. The van der Waals surface area contributed by atoms with Gasteiger partial charge in [-0.2, -0.15) is 0 Å². The van der Waals surface area contributed by atoms with Crippen LogP contribution in [-0.4, -0.2) is 24.9 Å². The van der Waals surface area contributed by atoms with Gasteiger partial charge in [0.15, 0.2) is 6.39 Å². The van der Waals surface area contributed by atoms with Crippen LogP contribution in [0.1, 0.15) is 77.3 Å². The topological polar surface area (TPSA) is 83.4 Å². The summed E-state index contributed by atoms with van der Waals surface area (Å²) in [5.41, 5.74) is 2.02. The van der Waals surface area contributed by atoms with Crippen LogP contribution in [0.25, 0.3) is 0 Å². The van der Waals surface area contributed by atoms with Gasteiger partial charge in [0.05, 0.1) is 6.20 Å². The van der Waals surface area contributed by atoms with E-state index >= 15 is 0 Å². The quantitative estimate of drug-likeness (QED) is 0.672. The Hall–Kier alpha value is -2.37. The van der Waals surface area contributed by atoms with Gasteiger partial charge in [-0.15, -0.1) is 0 Å². The molecule has 0 aliphatic heterocycles. The van der Waals surface area contributed by atoms with E-state index in [9.17, 15) is 0 Å². The van der Waals surface area contributed by atoms with E-state index in [0.29, 0.717) is 0 Å². The number of hydrogen-bond donors (Lipinski definition) is 2. The molecule has 2 N–H and O–H groups in total. The first-order valence-electron chi connectivity index (χ1n) is 9.45. The van der Waals surface area contributed by atoms with E-state index in [4.69, 9.17) is 4.42 Å². The highest BCUT2D eigenvalue weighted by Crippen LogP contribution is 2.29. The second kappa shape index (κ2) is 6.66. The van der Waals surface area contributed by atoms with Gasteiger partial charge in [-0.1, -0.05) is 48.5 Å². The largest absolute Gasteiger partial charge is 0.448 e. The highest BCUT2D eigenvalue weighted by Gasteiger charge is 2.29. The van der Waals surface area contributed by atoms with Crippen LogP contribution in [0.15, 0.2) is 29.4 Å². The van der Waals surface area contributed by atoms with Gasteiger partial charge < -0.3 is 14.4 Å². The van der Waals surface area contributed by atoms with Gasteiger partial charge in [0.25, 0.3) is 0 Å². The fourth-order valence-electron chi connectivity index (χ4n) is 3.24. The second-order valence-corrected chi connectivity index (χ2v) is 9.74. The monoisotopic (exact) mass is 369 g/mol. The summed E-state index contributed by atoms with van der Waals surface area (Å²) in [5, 5.41) is 0. The molecule has 0 saturated carbocycles. The molecule has 0 aromatic carbocycles. The van der Waals surface area contributed by atoms with Crippen molar-refractivity contribution >= 4 is 0 Å². The van der Waals surface area contributed by atoms with E-state index in [1.54, 1.807) is 6.20 Å². The fraction of sp³-hybridized carbons (Fsp3) is 0.571.